The SMILES string of the molecule is CC1(OC(=O)C23CC4CC(CC(C(=O)OC(C(F)(F)F)C(F)(F)S(=O)(=O)O)(C4)C2)C3)C2CC3CC(C2)CC1C3. The zero-order valence-electron chi connectivity index (χ0n) is 21.5. The van der Waals surface area contributed by atoms with E-state index in [-0.39, 0.29) is 42.9 Å². The number of carbonyl (C=O) groups is 2. The van der Waals surface area contributed by atoms with E-state index in [4.69, 9.17) is 9.29 Å². The molecule has 0 aromatic rings. The topological polar surface area (TPSA) is 107 Å². The van der Waals surface area contributed by atoms with Gasteiger partial charge in [0.2, 0.25) is 0 Å². The second kappa shape index (κ2) is 8.29. The first-order valence-electron chi connectivity index (χ1n) is 13.7. The fraction of sp³-hybridized carbons (Fsp3) is 0.923. The molecule has 8 aliphatic rings. The number of carbonyl (C=O) groups excluding carboxylic acids is 2. The maximum Gasteiger partial charge on any atom is 0.432 e. The van der Waals surface area contributed by atoms with Crippen LogP contribution in [0.1, 0.15) is 77.6 Å². The minimum absolute atomic E-state index is 0.0608. The molecule has 0 aliphatic heterocycles. The molecule has 0 spiro atoms. The van der Waals surface area contributed by atoms with Gasteiger partial charge in [0.25, 0.3) is 6.10 Å². The van der Waals surface area contributed by atoms with Crippen LogP contribution in [0.5, 0.6) is 0 Å². The second-order valence-corrected chi connectivity index (χ2v) is 15.3. The number of hydrogen-bond donors (Lipinski definition) is 1. The minimum Gasteiger partial charge on any atom is -0.458 e. The van der Waals surface area contributed by atoms with E-state index in [1.165, 1.54) is 6.42 Å². The molecule has 13 heteroatoms. The standard InChI is InChI=1S/C26H33F5O7S/c1-22(17-4-13-2-14(6-17)7-18(22)5-13)38-21(33)24-10-15-3-16(11-24)9-23(8-15,12-24)20(32)37-19(25(27,28)29)26(30,31)39(34,35)36/h13-19H,2-12H2,1H3,(H,34,35,36). The average Bonchev–Trinajstić information content (AvgIpc) is 2.78. The lowest BCUT2D eigenvalue weighted by molar-refractivity contribution is -0.268. The van der Waals surface area contributed by atoms with E-state index in [0.717, 1.165) is 25.7 Å². The van der Waals surface area contributed by atoms with Crippen LogP contribution in [0.3, 0.4) is 0 Å². The highest BCUT2D eigenvalue weighted by Gasteiger charge is 2.70. The van der Waals surface area contributed by atoms with Crippen LogP contribution in [0.25, 0.3) is 0 Å². The second-order valence-electron chi connectivity index (χ2n) is 13.8. The molecule has 8 rings (SSSR count). The van der Waals surface area contributed by atoms with Gasteiger partial charge in [0.15, 0.2) is 0 Å². The molecule has 3 unspecified atom stereocenters. The third-order valence-corrected chi connectivity index (χ3v) is 12.1. The summed E-state index contributed by atoms with van der Waals surface area (Å²) in [6, 6.07) is 0. The van der Waals surface area contributed by atoms with Crippen LogP contribution in [-0.2, 0) is 29.2 Å². The molecule has 0 saturated heterocycles. The van der Waals surface area contributed by atoms with Crippen LogP contribution in [0.2, 0.25) is 0 Å². The van der Waals surface area contributed by atoms with E-state index < -0.39 is 56.0 Å². The molecule has 1 N–H and O–H groups in total. The molecule has 8 saturated carbocycles. The number of hydrogen-bond acceptors (Lipinski definition) is 6. The fourth-order valence-corrected chi connectivity index (χ4v) is 10.5. The molecule has 0 aromatic carbocycles. The molecule has 7 nitrogen and oxygen atoms in total. The van der Waals surface area contributed by atoms with E-state index in [0.29, 0.717) is 31.1 Å². The van der Waals surface area contributed by atoms with Crippen molar-refractivity contribution >= 4 is 22.1 Å². The van der Waals surface area contributed by atoms with E-state index in [9.17, 15) is 40.0 Å². The molecule has 8 fully saturated rings. The van der Waals surface area contributed by atoms with Crippen molar-refractivity contribution in [3.63, 3.8) is 0 Å². The highest BCUT2D eigenvalue weighted by Crippen LogP contribution is 2.67. The first-order chi connectivity index (χ1) is 17.9. The lowest BCUT2D eigenvalue weighted by Crippen LogP contribution is -2.63. The van der Waals surface area contributed by atoms with Crippen molar-refractivity contribution in [1.29, 1.82) is 0 Å². The first-order valence-corrected chi connectivity index (χ1v) is 15.2. The molecule has 0 radical (unpaired) electrons. The van der Waals surface area contributed by atoms with Gasteiger partial charge in [-0.25, -0.2) is 0 Å². The molecule has 39 heavy (non-hydrogen) atoms. The Hall–Kier alpha value is -1.50. The third kappa shape index (κ3) is 4.14. The van der Waals surface area contributed by atoms with Crippen molar-refractivity contribution in [3.8, 4) is 0 Å². The van der Waals surface area contributed by atoms with Gasteiger partial charge in [-0.3, -0.25) is 14.1 Å². The number of halogens is 5. The molecular weight excluding hydrogens is 551 g/mol. The summed E-state index contributed by atoms with van der Waals surface area (Å²) in [4.78, 5) is 27.2. The Morgan fingerprint density at radius 3 is 1.67 bits per heavy atom. The Morgan fingerprint density at radius 2 is 1.23 bits per heavy atom. The normalized spacial score (nSPS) is 45.3. The van der Waals surface area contributed by atoms with Crippen molar-refractivity contribution < 1.29 is 54.0 Å². The van der Waals surface area contributed by atoms with Gasteiger partial charge in [0, 0.05) is 0 Å². The number of alkyl halides is 5. The van der Waals surface area contributed by atoms with Crippen LogP contribution in [-0.4, -0.2) is 48.0 Å². The Balaban J connectivity index is 1.26. The van der Waals surface area contributed by atoms with Crippen molar-refractivity contribution in [3.05, 3.63) is 0 Å². The first kappa shape index (κ1) is 27.7. The predicted octanol–water partition coefficient (Wildman–Crippen LogP) is 5.29. The zero-order valence-corrected chi connectivity index (χ0v) is 22.3. The van der Waals surface area contributed by atoms with Crippen molar-refractivity contribution in [1.82, 2.24) is 0 Å². The highest BCUT2D eigenvalue weighted by molar-refractivity contribution is 7.86. The van der Waals surface area contributed by atoms with Gasteiger partial charge in [-0.2, -0.15) is 30.4 Å². The van der Waals surface area contributed by atoms with Gasteiger partial charge >= 0.3 is 33.5 Å². The van der Waals surface area contributed by atoms with E-state index in [1.54, 1.807) is 0 Å². The Morgan fingerprint density at radius 1 is 0.795 bits per heavy atom. The van der Waals surface area contributed by atoms with Crippen molar-refractivity contribution in [2.24, 2.45) is 46.3 Å². The summed E-state index contributed by atoms with van der Waals surface area (Å²) in [6.45, 7) is 1.98. The number of esters is 2. The Kier molecular flexibility index (Phi) is 5.88. The van der Waals surface area contributed by atoms with Crippen molar-refractivity contribution in [2.75, 3.05) is 0 Å². The summed E-state index contributed by atoms with van der Waals surface area (Å²) in [6.07, 6.45) is -3.78. The lowest BCUT2D eigenvalue weighted by Gasteiger charge is -2.62. The van der Waals surface area contributed by atoms with Gasteiger partial charge in [-0.05, 0) is 113 Å². The zero-order chi connectivity index (χ0) is 28.4. The quantitative estimate of drug-likeness (QED) is 0.257. The summed E-state index contributed by atoms with van der Waals surface area (Å²) in [5.74, 6) is -0.743. The Bertz CT molecular complexity index is 1140. The van der Waals surface area contributed by atoms with Gasteiger partial charge in [0.05, 0.1) is 10.8 Å². The smallest absolute Gasteiger partial charge is 0.432 e. The van der Waals surface area contributed by atoms with Gasteiger partial charge in [0.1, 0.15) is 5.60 Å². The van der Waals surface area contributed by atoms with E-state index in [1.807, 2.05) is 6.92 Å². The summed E-state index contributed by atoms with van der Waals surface area (Å²) in [5, 5.41) is -5.80. The van der Waals surface area contributed by atoms with Crippen LogP contribution in [0.15, 0.2) is 0 Å². The molecule has 220 valence electrons. The maximum atomic E-state index is 14.2. The van der Waals surface area contributed by atoms with E-state index >= 15 is 0 Å². The van der Waals surface area contributed by atoms with Crippen molar-refractivity contribution in [2.45, 2.75) is 101 Å². The molecule has 8 bridgehead atoms. The largest absolute Gasteiger partial charge is 0.458 e. The Labute approximate surface area is 223 Å². The monoisotopic (exact) mass is 584 g/mol. The molecule has 0 heterocycles. The van der Waals surface area contributed by atoms with Crippen LogP contribution in [0.4, 0.5) is 22.0 Å². The maximum absolute atomic E-state index is 14.2. The van der Waals surface area contributed by atoms with Gasteiger partial charge < -0.3 is 9.47 Å². The average molecular weight is 585 g/mol. The van der Waals surface area contributed by atoms with Gasteiger partial charge in [-0.15, -0.1) is 0 Å². The minimum atomic E-state index is -6.55. The van der Waals surface area contributed by atoms with E-state index in [2.05, 4.69) is 4.74 Å². The van der Waals surface area contributed by atoms with Crippen LogP contribution < -0.4 is 0 Å². The predicted molar refractivity (Wildman–Crippen MR) is 124 cm³/mol. The fourth-order valence-electron chi connectivity index (χ4n) is 10.0. The number of rotatable bonds is 6. The van der Waals surface area contributed by atoms with Crippen LogP contribution >= 0.6 is 0 Å². The molecule has 0 amide bonds. The third-order valence-electron chi connectivity index (χ3n) is 11.2. The summed E-state index contributed by atoms with van der Waals surface area (Å²) in [7, 11) is -6.55. The highest BCUT2D eigenvalue weighted by atomic mass is 32.2. The molecular formula is C26H33F5O7S. The molecule has 3 atom stereocenters. The van der Waals surface area contributed by atoms with Crippen LogP contribution in [0, 0.1) is 46.3 Å². The van der Waals surface area contributed by atoms with Gasteiger partial charge in [-0.1, -0.05) is 0 Å². The lowest BCUT2D eigenvalue weighted by atomic mass is 9.44. The molecule has 8 aliphatic carbocycles. The summed E-state index contributed by atoms with van der Waals surface area (Å²) in [5.41, 5.74) is -3.44. The summed E-state index contributed by atoms with van der Waals surface area (Å²) < 4.78 is 110. The summed E-state index contributed by atoms with van der Waals surface area (Å²) >= 11 is 0. The number of ether oxygens (including phenoxy) is 2. The molecule has 0 aromatic heterocycles.